The number of hydrogen-bond acceptors (Lipinski definition) is 2. The number of ketones is 1. The van der Waals surface area contributed by atoms with Crippen molar-refractivity contribution in [1.82, 2.24) is 0 Å². The lowest BCUT2D eigenvalue weighted by Crippen LogP contribution is -2.14. The molecule has 2 nitrogen and oxygen atoms in total. The van der Waals surface area contributed by atoms with E-state index in [0.29, 0.717) is 5.57 Å². The molecule has 2 rings (SSSR count). The smallest absolute Gasteiger partial charge is 0.196 e. The molecule has 0 heterocycles. The van der Waals surface area contributed by atoms with Gasteiger partial charge in [-0.1, -0.05) is 36.8 Å². The fraction of sp³-hybridized carbons (Fsp3) is 0.250. The maximum Gasteiger partial charge on any atom is 0.196 e. The fourth-order valence-corrected chi connectivity index (χ4v) is 2.26. The molecule has 1 unspecified atom stereocenters. The minimum Gasteiger partial charge on any atom is -0.288 e. The molecule has 0 N–H and O–H groups in total. The van der Waals surface area contributed by atoms with Crippen molar-refractivity contribution in [1.29, 1.82) is 5.26 Å². The Labute approximate surface area is 108 Å². The Morgan fingerprint density at radius 2 is 2.22 bits per heavy atom. The van der Waals surface area contributed by atoms with E-state index < -0.39 is 0 Å². The molecule has 88 valence electrons. The van der Waals surface area contributed by atoms with Gasteiger partial charge in [-0.25, -0.2) is 0 Å². The molecule has 0 fully saturated rings. The molecule has 2 aliphatic rings. The van der Waals surface area contributed by atoms with Crippen molar-refractivity contribution in [3.63, 3.8) is 0 Å². The van der Waals surface area contributed by atoms with E-state index in [4.69, 9.17) is 5.26 Å². The lowest BCUT2D eigenvalue weighted by Gasteiger charge is -2.21. The maximum atomic E-state index is 11.6. The van der Waals surface area contributed by atoms with Gasteiger partial charge in [-0.15, -0.1) is 0 Å². The Kier molecular flexibility index (Phi) is 3.94. The number of allylic oxidation sites excluding steroid dienone is 8. The SMILES string of the molecule is CCC1=C(C#N)C(=O)C=CC1CC1=C[C][C]C=C1. The van der Waals surface area contributed by atoms with Gasteiger partial charge in [-0.2, -0.15) is 5.26 Å². The summed E-state index contributed by atoms with van der Waals surface area (Å²) in [6.07, 6.45) is 16.4. The summed E-state index contributed by atoms with van der Waals surface area (Å²) in [7, 11) is 0. The highest BCUT2D eigenvalue weighted by Crippen LogP contribution is 2.31. The van der Waals surface area contributed by atoms with Crippen LogP contribution in [0.4, 0.5) is 0 Å². The van der Waals surface area contributed by atoms with Crippen LogP contribution in [0.25, 0.3) is 0 Å². The van der Waals surface area contributed by atoms with Crippen molar-refractivity contribution < 1.29 is 4.79 Å². The number of hydrogen-bond donors (Lipinski definition) is 0. The highest BCUT2D eigenvalue weighted by Gasteiger charge is 2.23. The molecule has 0 saturated carbocycles. The molecule has 0 aliphatic heterocycles. The molecule has 0 aromatic heterocycles. The fourth-order valence-electron chi connectivity index (χ4n) is 2.26. The summed E-state index contributed by atoms with van der Waals surface area (Å²) < 4.78 is 0. The zero-order valence-electron chi connectivity index (χ0n) is 10.2. The van der Waals surface area contributed by atoms with E-state index in [9.17, 15) is 4.79 Å². The number of carbonyl (C=O) groups is 1. The summed E-state index contributed by atoms with van der Waals surface area (Å²) in [5.74, 6) is -0.0308. The number of nitrogens with zero attached hydrogens (tertiary/aromatic N) is 1. The van der Waals surface area contributed by atoms with Crippen LogP contribution in [-0.2, 0) is 4.79 Å². The minimum absolute atomic E-state index is 0.137. The molecular weight excluding hydrogens is 222 g/mol. The Bertz CT molecular complexity index is 512. The second-order valence-corrected chi connectivity index (χ2v) is 4.24. The van der Waals surface area contributed by atoms with Crippen LogP contribution in [-0.4, -0.2) is 5.78 Å². The normalized spacial score (nSPS) is 23.0. The molecule has 2 aliphatic carbocycles. The highest BCUT2D eigenvalue weighted by molar-refractivity contribution is 6.08. The third kappa shape index (κ3) is 2.51. The second kappa shape index (κ2) is 5.64. The van der Waals surface area contributed by atoms with E-state index in [-0.39, 0.29) is 11.7 Å². The van der Waals surface area contributed by atoms with E-state index in [2.05, 4.69) is 12.8 Å². The van der Waals surface area contributed by atoms with Crippen molar-refractivity contribution in [3.05, 3.63) is 59.9 Å². The Morgan fingerprint density at radius 1 is 1.39 bits per heavy atom. The van der Waals surface area contributed by atoms with E-state index in [0.717, 1.165) is 24.0 Å². The molecule has 2 heteroatoms. The molecular formula is C16H13NO. The van der Waals surface area contributed by atoms with E-state index in [1.165, 1.54) is 6.08 Å². The van der Waals surface area contributed by atoms with Crippen molar-refractivity contribution in [2.75, 3.05) is 0 Å². The van der Waals surface area contributed by atoms with E-state index in [1.807, 2.05) is 37.3 Å². The molecule has 0 spiro atoms. The number of rotatable bonds is 3. The van der Waals surface area contributed by atoms with E-state index >= 15 is 0 Å². The van der Waals surface area contributed by atoms with Gasteiger partial charge in [0, 0.05) is 18.8 Å². The van der Waals surface area contributed by atoms with Gasteiger partial charge in [0.05, 0.1) is 5.57 Å². The van der Waals surface area contributed by atoms with Crippen molar-refractivity contribution >= 4 is 5.78 Å². The van der Waals surface area contributed by atoms with Gasteiger partial charge >= 0.3 is 0 Å². The van der Waals surface area contributed by atoms with Crippen LogP contribution in [0, 0.1) is 30.1 Å². The number of nitriles is 1. The standard InChI is InChI=1S/C16H13NO/c1-2-14-13(8-9-16(18)15(14)11-17)10-12-6-4-3-5-7-12/h4,6-9,13H,2,10H2,1H3. The summed E-state index contributed by atoms with van der Waals surface area (Å²) >= 11 is 0. The summed E-state index contributed by atoms with van der Waals surface area (Å²) in [5.41, 5.74) is 2.40. The highest BCUT2D eigenvalue weighted by atomic mass is 16.1. The molecule has 0 amide bonds. The Balaban J connectivity index is 2.23. The van der Waals surface area contributed by atoms with Gasteiger partial charge in [0.2, 0.25) is 0 Å². The van der Waals surface area contributed by atoms with Crippen LogP contribution in [0.2, 0.25) is 0 Å². The van der Waals surface area contributed by atoms with Crippen LogP contribution in [0.3, 0.4) is 0 Å². The van der Waals surface area contributed by atoms with Gasteiger partial charge in [0.15, 0.2) is 5.78 Å². The van der Waals surface area contributed by atoms with Crippen LogP contribution in [0.15, 0.2) is 47.1 Å². The van der Waals surface area contributed by atoms with Crippen molar-refractivity contribution in [3.8, 4) is 6.07 Å². The average Bonchev–Trinajstić information content (AvgIpc) is 2.41. The lowest BCUT2D eigenvalue weighted by atomic mass is 9.81. The van der Waals surface area contributed by atoms with Gasteiger partial charge in [-0.05, 0) is 24.5 Å². The van der Waals surface area contributed by atoms with Crippen molar-refractivity contribution in [2.45, 2.75) is 19.8 Å². The summed E-state index contributed by atoms with van der Waals surface area (Å²) in [6, 6.07) is 2.04. The largest absolute Gasteiger partial charge is 0.288 e. The molecule has 18 heavy (non-hydrogen) atoms. The first kappa shape index (κ1) is 12.6. The van der Waals surface area contributed by atoms with Gasteiger partial charge in [-0.3, -0.25) is 4.79 Å². The maximum absolute atomic E-state index is 11.6. The molecule has 1 atom stereocenters. The van der Waals surface area contributed by atoms with Crippen LogP contribution in [0.5, 0.6) is 0 Å². The van der Waals surface area contributed by atoms with Gasteiger partial charge in [0.25, 0.3) is 0 Å². The average molecular weight is 235 g/mol. The minimum atomic E-state index is -0.168. The van der Waals surface area contributed by atoms with E-state index in [1.54, 1.807) is 0 Å². The predicted molar refractivity (Wildman–Crippen MR) is 68.9 cm³/mol. The summed E-state index contributed by atoms with van der Waals surface area (Å²) in [5, 5.41) is 9.07. The predicted octanol–water partition coefficient (Wildman–Crippen LogP) is 3.02. The molecule has 0 bridgehead atoms. The number of carbonyl (C=O) groups excluding carboxylic acids is 1. The zero-order valence-corrected chi connectivity index (χ0v) is 10.2. The van der Waals surface area contributed by atoms with Crippen LogP contribution >= 0.6 is 0 Å². The first-order valence-electron chi connectivity index (χ1n) is 5.98. The second-order valence-electron chi connectivity index (χ2n) is 4.24. The third-order valence-corrected chi connectivity index (χ3v) is 3.16. The Hall–Kier alpha value is -1.88. The first-order valence-corrected chi connectivity index (χ1v) is 5.98. The molecule has 0 saturated heterocycles. The molecule has 0 aromatic carbocycles. The summed E-state index contributed by atoms with van der Waals surface area (Å²) in [4.78, 5) is 11.6. The lowest BCUT2D eigenvalue weighted by molar-refractivity contribution is -0.111. The van der Waals surface area contributed by atoms with Gasteiger partial charge in [0.1, 0.15) is 6.07 Å². The van der Waals surface area contributed by atoms with Crippen LogP contribution in [0.1, 0.15) is 19.8 Å². The first-order chi connectivity index (χ1) is 8.76. The molecule has 4 radical (unpaired) electrons. The van der Waals surface area contributed by atoms with Crippen LogP contribution < -0.4 is 0 Å². The van der Waals surface area contributed by atoms with Gasteiger partial charge < -0.3 is 0 Å². The third-order valence-electron chi connectivity index (χ3n) is 3.16. The summed E-state index contributed by atoms with van der Waals surface area (Å²) in [6.45, 7) is 1.98. The zero-order chi connectivity index (χ0) is 13.0. The quantitative estimate of drug-likeness (QED) is 0.754. The topological polar surface area (TPSA) is 40.9 Å². The Morgan fingerprint density at radius 3 is 2.83 bits per heavy atom. The van der Waals surface area contributed by atoms with Crippen molar-refractivity contribution in [2.24, 2.45) is 5.92 Å². The molecule has 0 aromatic rings. The monoisotopic (exact) mass is 235 g/mol.